The second kappa shape index (κ2) is 6.44. The average Bonchev–Trinajstić information content (AvgIpc) is 2.46. The zero-order chi connectivity index (χ0) is 14.5. The van der Waals surface area contributed by atoms with Crippen LogP contribution in [0.25, 0.3) is 0 Å². The first-order chi connectivity index (χ1) is 9.60. The van der Waals surface area contributed by atoms with Crippen molar-refractivity contribution in [2.75, 3.05) is 7.11 Å². The molecule has 2 aromatic carbocycles. The fraction of sp³-hybridized carbons (Fsp3) is 0.188. The van der Waals surface area contributed by atoms with Crippen LogP contribution in [0.5, 0.6) is 11.5 Å². The van der Waals surface area contributed by atoms with Crippen molar-refractivity contribution in [2.45, 2.75) is 13.5 Å². The molecule has 0 fully saturated rings. The molecule has 0 heterocycles. The zero-order valence-corrected chi connectivity index (χ0v) is 12.1. The standard InChI is InChI=1S/C16H15ClO3/c1-11(18)15-9-13(17)6-7-16(15)20-10-12-4-3-5-14(8-12)19-2/h3-9H,10H2,1-2H3. The highest BCUT2D eigenvalue weighted by Crippen LogP contribution is 2.24. The minimum atomic E-state index is -0.0758. The predicted octanol–water partition coefficient (Wildman–Crippen LogP) is 4.13. The van der Waals surface area contributed by atoms with Gasteiger partial charge in [0.2, 0.25) is 0 Å². The van der Waals surface area contributed by atoms with Gasteiger partial charge in [-0.2, -0.15) is 0 Å². The summed E-state index contributed by atoms with van der Waals surface area (Å²) in [5.74, 6) is 1.23. The van der Waals surface area contributed by atoms with Crippen molar-refractivity contribution in [1.82, 2.24) is 0 Å². The van der Waals surface area contributed by atoms with Gasteiger partial charge in [-0.15, -0.1) is 0 Å². The summed E-state index contributed by atoms with van der Waals surface area (Å²) in [6.07, 6.45) is 0. The van der Waals surface area contributed by atoms with Gasteiger partial charge in [0.05, 0.1) is 12.7 Å². The second-order valence-electron chi connectivity index (χ2n) is 4.34. The molecule has 3 nitrogen and oxygen atoms in total. The van der Waals surface area contributed by atoms with Gasteiger partial charge >= 0.3 is 0 Å². The third kappa shape index (κ3) is 3.52. The van der Waals surface area contributed by atoms with Crippen molar-refractivity contribution in [3.05, 3.63) is 58.6 Å². The molecule has 0 amide bonds. The van der Waals surface area contributed by atoms with E-state index in [1.165, 1.54) is 6.92 Å². The number of benzene rings is 2. The highest BCUT2D eigenvalue weighted by Gasteiger charge is 2.09. The fourth-order valence-corrected chi connectivity index (χ4v) is 2.00. The molecule has 0 atom stereocenters. The van der Waals surface area contributed by atoms with Crippen LogP contribution >= 0.6 is 11.6 Å². The molecule has 104 valence electrons. The Morgan fingerprint density at radius 1 is 1.20 bits per heavy atom. The number of hydrogen-bond donors (Lipinski definition) is 0. The van der Waals surface area contributed by atoms with Gasteiger partial charge in [-0.05, 0) is 42.8 Å². The lowest BCUT2D eigenvalue weighted by atomic mass is 10.1. The van der Waals surface area contributed by atoms with E-state index in [2.05, 4.69) is 0 Å². The first-order valence-electron chi connectivity index (χ1n) is 6.16. The molecule has 0 unspecified atom stereocenters. The maximum absolute atomic E-state index is 11.6. The van der Waals surface area contributed by atoms with Crippen LogP contribution in [-0.2, 0) is 6.61 Å². The molecular weight excluding hydrogens is 276 g/mol. The molecule has 0 saturated heterocycles. The lowest BCUT2D eigenvalue weighted by Crippen LogP contribution is -2.01. The van der Waals surface area contributed by atoms with E-state index in [1.807, 2.05) is 24.3 Å². The van der Waals surface area contributed by atoms with E-state index in [0.717, 1.165) is 11.3 Å². The molecule has 0 saturated carbocycles. The van der Waals surface area contributed by atoms with Crippen molar-refractivity contribution in [3.8, 4) is 11.5 Å². The Labute approximate surface area is 123 Å². The summed E-state index contributed by atoms with van der Waals surface area (Å²) >= 11 is 5.89. The number of carbonyl (C=O) groups excluding carboxylic acids is 1. The van der Waals surface area contributed by atoms with Gasteiger partial charge in [-0.25, -0.2) is 0 Å². The molecule has 0 spiro atoms. The van der Waals surface area contributed by atoms with Gasteiger partial charge < -0.3 is 9.47 Å². The van der Waals surface area contributed by atoms with Crippen LogP contribution in [0.1, 0.15) is 22.8 Å². The molecular formula is C16H15ClO3. The van der Waals surface area contributed by atoms with Crippen LogP contribution in [0.15, 0.2) is 42.5 Å². The van der Waals surface area contributed by atoms with Gasteiger partial charge in [-0.1, -0.05) is 23.7 Å². The third-order valence-corrected chi connectivity index (χ3v) is 3.08. The first kappa shape index (κ1) is 14.4. The molecule has 0 bridgehead atoms. The van der Waals surface area contributed by atoms with E-state index >= 15 is 0 Å². The maximum Gasteiger partial charge on any atom is 0.163 e. The predicted molar refractivity (Wildman–Crippen MR) is 78.8 cm³/mol. The average molecular weight is 291 g/mol. The number of Topliss-reactive ketones (excluding diaryl/α,β-unsaturated/α-hetero) is 1. The van der Waals surface area contributed by atoms with E-state index in [9.17, 15) is 4.79 Å². The SMILES string of the molecule is COc1cccc(COc2ccc(Cl)cc2C(C)=O)c1. The summed E-state index contributed by atoms with van der Waals surface area (Å²) in [6.45, 7) is 1.85. The monoisotopic (exact) mass is 290 g/mol. The van der Waals surface area contributed by atoms with E-state index in [1.54, 1.807) is 25.3 Å². The number of hydrogen-bond acceptors (Lipinski definition) is 3. The van der Waals surface area contributed by atoms with Crippen LogP contribution in [0, 0.1) is 0 Å². The van der Waals surface area contributed by atoms with E-state index in [0.29, 0.717) is 22.9 Å². The van der Waals surface area contributed by atoms with E-state index in [4.69, 9.17) is 21.1 Å². The summed E-state index contributed by atoms with van der Waals surface area (Å²) in [7, 11) is 1.62. The van der Waals surface area contributed by atoms with Crippen molar-refractivity contribution in [2.24, 2.45) is 0 Å². The topological polar surface area (TPSA) is 35.5 Å². The third-order valence-electron chi connectivity index (χ3n) is 2.85. The quantitative estimate of drug-likeness (QED) is 0.777. The normalized spacial score (nSPS) is 10.2. The molecule has 0 aliphatic heterocycles. The lowest BCUT2D eigenvalue weighted by Gasteiger charge is -2.11. The van der Waals surface area contributed by atoms with Gasteiger partial charge in [0, 0.05) is 5.02 Å². The molecule has 20 heavy (non-hydrogen) atoms. The maximum atomic E-state index is 11.6. The second-order valence-corrected chi connectivity index (χ2v) is 4.77. The number of halogens is 1. The van der Waals surface area contributed by atoms with Crippen molar-refractivity contribution < 1.29 is 14.3 Å². The number of methoxy groups -OCH3 is 1. The van der Waals surface area contributed by atoms with E-state index < -0.39 is 0 Å². The summed E-state index contributed by atoms with van der Waals surface area (Å²) in [5, 5.41) is 0.518. The Morgan fingerprint density at radius 3 is 2.70 bits per heavy atom. The van der Waals surface area contributed by atoms with Gasteiger partial charge in [0.25, 0.3) is 0 Å². The first-order valence-corrected chi connectivity index (χ1v) is 6.54. The minimum Gasteiger partial charge on any atom is -0.497 e. The number of ether oxygens (including phenoxy) is 2. The van der Waals surface area contributed by atoms with E-state index in [-0.39, 0.29) is 5.78 Å². The summed E-state index contributed by atoms with van der Waals surface area (Å²) in [6, 6.07) is 12.6. The van der Waals surface area contributed by atoms with Gasteiger partial charge in [-0.3, -0.25) is 4.79 Å². The molecule has 4 heteroatoms. The van der Waals surface area contributed by atoms with Crippen LogP contribution in [0.3, 0.4) is 0 Å². The summed E-state index contributed by atoms with van der Waals surface area (Å²) < 4.78 is 10.9. The molecule has 2 rings (SSSR count). The zero-order valence-electron chi connectivity index (χ0n) is 11.4. The Morgan fingerprint density at radius 2 is 2.00 bits per heavy atom. The Bertz CT molecular complexity index is 623. The minimum absolute atomic E-state index is 0.0758. The summed E-state index contributed by atoms with van der Waals surface area (Å²) in [4.78, 5) is 11.6. The Balaban J connectivity index is 2.16. The molecule has 0 aliphatic rings. The number of carbonyl (C=O) groups is 1. The van der Waals surface area contributed by atoms with Gasteiger partial charge in [0.1, 0.15) is 18.1 Å². The molecule has 0 aliphatic carbocycles. The van der Waals surface area contributed by atoms with Crippen LogP contribution in [0.4, 0.5) is 0 Å². The lowest BCUT2D eigenvalue weighted by molar-refractivity contribution is 0.101. The molecule has 0 radical (unpaired) electrons. The van der Waals surface area contributed by atoms with Crippen molar-refractivity contribution in [1.29, 1.82) is 0 Å². The molecule has 0 N–H and O–H groups in total. The number of ketones is 1. The van der Waals surface area contributed by atoms with Gasteiger partial charge in [0.15, 0.2) is 5.78 Å². The van der Waals surface area contributed by atoms with Crippen LogP contribution in [0.2, 0.25) is 5.02 Å². The molecule has 0 aromatic heterocycles. The largest absolute Gasteiger partial charge is 0.497 e. The van der Waals surface area contributed by atoms with Crippen molar-refractivity contribution in [3.63, 3.8) is 0 Å². The fourth-order valence-electron chi connectivity index (χ4n) is 1.83. The van der Waals surface area contributed by atoms with Crippen LogP contribution < -0.4 is 9.47 Å². The molecule has 2 aromatic rings. The van der Waals surface area contributed by atoms with Crippen LogP contribution in [-0.4, -0.2) is 12.9 Å². The smallest absolute Gasteiger partial charge is 0.163 e. The summed E-state index contributed by atoms with van der Waals surface area (Å²) in [5.41, 5.74) is 1.45. The highest BCUT2D eigenvalue weighted by molar-refractivity contribution is 6.31. The Kier molecular flexibility index (Phi) is 4.64. The number of rotatable bonds is 5. The van der Waals surface area contributed by atoms with Crippen molar-refractivity contribution >= 4 is 17.4 Å². The Hall–Kier alpha value is -2.00. The highest BCUT2D eigenvalue weighted by atomic mass is 35.5.